The molecule has 19 heavy (non-hydrogen) atoms. The molecule has 5 nitrogen and oxygen atoms in total. The van der Waals surface area contributed by atoms with E-state index in [0.29, 0.717) is 19.5 Å². The lowest BCUT2D eigenvalue weighted by molar-refractivity contribution is 0.276. The Morgan fingerprint density at radius 3 is 3.05 bits per heavy atom. The Kier molecular flexibility index (Phi) is 5.78. The van der Waals surface area contributed by atoms with Crippen LogP contribution in [0.1, 0.15) is 17.0 Å². The van der Waals surface area contributed by atoms with Crippen LogP contribution in [0, 0.1) is 0 Å². The smallest absolute Gasteiger partial charge is 0.0964 e. The lowest BCUT2D eigenvalue weighted by Crippen LogP contribution is -2.16. The Labute approximate surface area is 121 Å². The summed E-state index contributed by atoms with van der Waals surface area (Å²) in [6.07, 6.45) is 3.58. The molecule has 0 saturated heterocycles. The van der Waals surface area contributed by atoms with Crippen LogP contribution in [-0.2, 0) is 19.5 Å². The molecule has 0 aliphatic heterocycles. The van der Waals surface area contributed by atoms with Gasteiger partial charge in [0.2, 0.25) is 0 Å². The van der Waals surface area contributed by atoms with Gasteiger partial charge >= 0.3 is 0 Å². The molecular weight excluding hydrogens is 284 g/mol. The number of aromatic nitrogens is 3. The van der Waals surface area contributed by atoms with E-state index >= 15 is 0 Å². The highest BCUT2D eigenvalue weighted by molar-refractivity contribution is 7.16. The van der Waals surface area contributed by atoms with Crippen molar-refractivity contribution in [3.63, 3.8) is 0 Å². The van der Waals surface area contributed by atoms with Crippen molar-refractivity contribution in [1.82, 2.24) is 20.3 Å². The molecule has 0 unspecified atom stereocenters. The number of nitrogens with one attached hydrogen (secondary N) is 1. The highest BCUT2D eigenvalue weighted by Crippen LogP contribution is 2.21. The first-order valence-corrected chi connectivity index (χ1v) is 7.42. The molecule has 2 aromatic rings. The fourth-order valence-corrected chi connectivity index (χ4v) is 2.76. The first-order chi connectivity index (χ1) is 9.28. The largest absolute Gasteiger partial charge is 0.396 e. The van der Waals surface area contributed by atoms with Gasteiger partial charge in [-0.1, -0.05) is 16.8 Å². The van der Waals surface area contributed by atoms with E-state index < -0.39 is 0 Å². The molecule has 104 valence electrons. The average Bonchev–Trinajstić information content (AvgIpc) is 3.01. The zero-order chi connectivity index (χ0) is 13.5. The van der Waals surface area contributed by atoms with E-state index in [9.17, 15) is 0 Å². The minimum absolute atomic E-state index is 0.177. The van der Waals surface area contributed by atoms with E-state index in [1.54, 1.807) is 16.0 Å². The van der Waals surface area contributed by atoms with E-state index in [0.717, 1.165) is 23.0 Å². The third kappa shape index (κ3) is 4.91. The third-order valence-corrected chi connectivity index (χ3v) is 3.91. The normalized spacial score (nSPS) is 11.1. The second-order valence-corrected chi connectivity index (χ2v) is 5.98. The third-order valence-electron chi connectivity index (χ3n) is 2.61. The summed E-state index contributed by atoms with van der Waals surface area (Å²) in [6.45, 7) is 2.48. The number of halogens is 1. The van der Waals surface area contributed by atoms with Crippen LogP contribution >= 0.6 is 22.9 Å². The lowest BCUT2D eigenvalue weighted by Gasteiger charge is -2.00. The van der Waals surface area contributed by atoms with Crippen molar-refractivity contribution in [2.75, 3.05) is 13.2 Å². The summed E-state index contributed by atoms with van der Waals surface area (Å²) in [7, 11) is 0. The summed E-state index contributed by atoms with van der Waals surface area (Å²) >= 11 is 7.49. The maximum Gasteiger partial charge on any atom is 0.0964 e. The Morgan fingerprint density at radius 1 is 1.42 bits per heavy atom. The monoisotopic (exact) mass is 300 g/mol. The first kappa shape index (κ1) is 14.5. The number of thiophene rings is 1. The van der Waals surface area contributed by atoms with Crippen LogP contribution in [-0.4, -0.2) is 33.3 Å². The van der Waals surface area contributed by atoms with Crippen molar-refractivity contribution in [2.24, 2.45) is 0 Å². The van der Waals surface area contributed by atoms with Gasteiger partial charge in [0.05, 0.1) is 10.0 Å². The summed E-state index contributed by atoms with van der Waals surface area (Å²) in [4.78, 5) is 1.28. The predicted molar refractivity (Wildman–Crippen MR) is 76.5 cm³/mol. The minimum Gasteiger partial charge on any atom is -0.396 e. The molecule has 0 fully saturated rings. The molecule has 2 aromatic heterocycles. The number of aliphatic hydroxyl groups excluding tert-OH is 1. The molecule has 0 atom stereocenters. The van der Waals surface area contributed by atoms with Gasteiger partial charge in [0.25, 0.3) is 0 Å². The second kappa shape index (κ2) is 7.59. The van der Waals surface area contributed by atoms with Gasteiger partial charge in [0.15, 0.2) is 0 Å². The van der Waals surface area contributed by atoms with Gasteiger partial charge in [-0.05, 0) is 25.0 Å². The molecule has 2 N–H and O–H groups in total. The molecule has 2 rings (SSSR count). The van der Waals surface area contributed by atoms with Crippen LogP contribution in [0.25, 0.3) is 0 Å². The number of rotatable bonds is 8. The Hall–Kier alpha value is -0.950. The Bertz CT molecular complexity index is 499. The second-order valence-electron chi connectivity index (χ2n) is 4.18. The van der Waals surface area contributed by atoms with Gasteiger partial charge in [-0.3, -0.25) is 4.68 Å². The summed E-state index contributed by atoms with van der Waals surface area (Å²) in [5.41, 5.74) is 0.919. The molecule has 0 aliphatic carbocycles. The van der Waals surface area contributed by atoms with Crippen molar-refractivity contribution in [3.05, 3.63) is 33.2 Å². The molecule has 2 heterocycles. The molecule has 0 radical (unpaired) electrons. The van der Waals surface area contributed by atoms with Crippen LogP contribution in [0.2, 0.25) is 4.34 Å². The van der Waals surface area contributed by atoms with E-state index in [2.05, 4.69) is 21.7 Å². The SMILES string of the molecule is OCCCn1cc(CNCCc2ccc(Cl)s2)nn1. The van der Waals surface area contributed by atoms with Crippen molar-refractivity contribution in [1.29, 1.82) is 0 Å². The molecule has 0 bridgehead atoms. The predicted octanol–water partition coefficient (Wildman–Crippen LogP) is 1.71. The number of nitrogens with zero attached hydrogens (tertiary/aromatic N) is 3. The fraction of sp³-hybridized carbons (Fsp3) is 0.500. The van der Waals surface area contributed by atoms with Crippen LogP contribution in [0.15, 0.2) is 18.3 Å². The topological polar surface area (TPSA) is 63.0 Å². The summed E-state index contributed by atoms with van der Waals surface area (Å²) in [6, 6.07) is 3.98. The van der Waals surface area contributed by atoms with Crippen LogP contribution in [0.3, 0.4) is 0 Å². The molecule has 7 heteroatoms. The van der Waals surface area contributed by atoms with E-state index in [1.807, 2.05) is 12.3 Å². The van der Waals surface area contributed by atoms with Crippen LogP contribution in [0.5, 0.6) is 0 Å². The molecule has 0 aromatic carbocycles. The number of aryl methyl sites for hydroxylation is 1. The lowest BCUT2D eigenvalue weighted by atomic mass is 10.3. The standard InChI is InChI=1S/C12H17ClN4OS/c13-12-3-2-11(19-12)4-5-14-8-10-9-17(16-15-10)6-1-7-18/h2-3,9,14,18H,1,4-8H2. The fourth-order valence-electron chi connectivity index (χ4n) is 1.68. The zero-order valence-electron chi connectivity index (χ0n) is 10.5. The molecular formula is C12H17ClN4OS. The van der Waals surface area contributed by atoms with Gasteiger partial charge in [-0.2, -0.15) is 0 Å². The van der Waals surface area contributed by atoms with Crippen LogP contribution < -0.4 is 5.32 Å². The Morgan fingerprint density at radius 2 is 2.32 bits per heavy atom. The quantitative estimate of drug-likeness (QED) is 0.729. The zero-order valence-corrected chi connectivity index (χ0v) is 12.1. The molecule has 0 aliphatic rings. The van der Waals surface area contributed by atoms with Crippen molar-refractivity contribution in [2.45, 2.75) is 25.9 Å². The minimum atomic E-state index is 0.177. The van der Waals surface area contributed by atoms with Gasteiger partial charge in [-0.25, -0.2) is 0 Å². The van der Waals surface area contributed by atoms with Gasteiger partial charge in [0, 0.05) is 37.3 Å². The van der Waals surface area contributed by atoms with Gasteiger partial charge < -0.3 is 10.4 Å². The van der Waals surface area contributed by atoms with Crippen molar-refractivity contribution < 1.29 is 5.11 Å². The molecule has 0 saturated carbocycles. The number of aliphatic hydroxyl groups is 1. The maximum atomic E-state index is 8.74. The van der Waals surface area contributed by atoms with E-state index in [1.165, 1.54) is 4.88 Å². The highest BCUT2D eigenvalue weighted by Gasteiger charge is 2.01. The highest BCUT2D eigenvalue weighted by atomic mass is 35.5. The first-order valence-electron chi connectivity index (χ1n) is 6.23. The van der Waals surface area contributed by atoms with Gasteiger partial charge in [-0.15, -0.1) is 16.4 Å². The van der Waals surface area contributed by atoms with Crippen molar-refractivity contribution >= 4 is 22.9 Å². The summed E-state index contributed by atoms with van der Waals surface area (Å²) in [5.74, 6) is 0. The summed E-state index contributed by atoms with van der Waals surface area (Å²) in [5, 5.41) is 20.1. The summed E-state index contributed by atoms with van der Waals surface area (Å²) < 4.78 is 2.59. The Balaban J connectivity index is 1.66. The van der Waals surface area contributed by atoms with Crippen LogP contribution in [0.4, 0.5) is 0 Å². The molecule has 0 spiro atoms. The molecule has 0 amide bonds. The van der Waals surface area contributed by atoms with E-state index in [-0.39, 0.29) is 6.61 Å². The number of hydrogen-bond donors (Lipinski definition) is 2. The van der Waals surface area contributed by atoms with E-state index in [4.69, 9.17) is 16.7 Å². The van der Waals surface area contributed by atoms with Gasteiger partial charge in [0.1, 0.15) is 0 Å². The average molecular weight is 301 g/mol. The van der Waals surface area contributed by atoms with Crippen molar-refractivity contribution in [3.8, 4) is 0 Å². The maximum absolute atomic E-state index is 8.74. The number of hydrogen-bond acceptors (Lipinski definition) is 5.